The average molecular weight is 390 g/mol. The Morgan fingerprint density at radius 1 is 1.11 bits per heavy atom. The van der Waals surface area contributed by atoms with Crippen LogP contribution >= 0.6 is 11.3 Å². The smallest absolute Gasteiger partial charge is 0.321 e. The number of para-hydroxylation sites is 1. The normalized spacial score (nSPS) is 11.3. The number of carbonyl (C=O) groups excluding carboxylic acids is 2. The maximum absolute atomic E-state index is 12.4. The Bertz CT molecular complexity index is 754. The minimum absolute atomic E-state index is 0.105. The summed E-state index contributed by atoms with van der Waals surface area (Å²) < 4.78 is 5.42. The molecular weight excluding hydrogens is 362 g/mol. The highest BCUT2D eigenvalue weighted by atomic mass is 32.1. The zero-order chi connectivity index (χ0) is 19.9. The number of amides is 3. The maximum atomic E-state index is 12.4. The van der Waals surface area contributed by atoms with Crippen LogP contribution in [0.2, 0.25) is 0 Å². The number of nitrogens with zero attached hydrogens (tertiary/aromatic N) is 1. The van der Waals surface area contributed by atoms with Crippen LogP contribution in [0.3, 0.4) is 0 Å². The van der Waals surface area contributed by atoms with E-state index in [4.69, 9.17) is 4.74 Å². The Kier molecular flexibility index (Phi) is 7.38. The second kappa shape index (κ2) is 9.53. The van der Waals surface area contributed by atoms with Crippen LogP contribution in [-0.4, -0.2) is 36.0 Å². The molecule has 0 aliphatic carbocycles. The number of rotatable bonds is 7. The highest BCUT2D eigenvalue weighted by Gasteiger charge is 2.19. The van der Waals surface area contributed by atoms with Crippen molar-refractivity contribution in [3.63, 3.8) is 0 Å². The van der Waals surface area contributed by atoms with Gasteiger partial charge in [0, 0.05) is 29.1 Å². The number of methoxy groups -OCH3 is 1. The molecule has 0 atom stereocenters. The lowest BCUT2D eigenvalue weighted by molar-refractivity contribution is -0.121. The topological polar surface area (TPSA) is 70.7 Å². The summed E-state index contributed by atoms with van der Waals surface area (Å²) in [6, 6.07) is 11.3. The van der Waals surface area contributed by atoms with E-state index in [9.17, 15) is 9.59 Å². The van der Waals surface area contributed by atoms with E-state index < -0.39 is 11.6 Å². The summed E-state index contributed by atoms with van der Waals surface area (Å²) in [6.45, 7) is 6.85. The predicted octanol–water partition coefficient (Wildman–Crippen LogP) is 3.38. The van der Waals surface area contributed by atoms with Crippen LogP contribution in [0.4, 0.5) is 4.79 Å². The summed E-state index contributed by atoms with van der Waals surface area (Å²) in [7, 11) is 1.63. The van der Waals surface area contributed by atoms with Crippen LogP contribution in [0.25, 0.3) is 0 Å². The van der Waals surface area contributed by atoms with E-state index in [-0.39, 0.29) is 12.5 Å². The average Bonchev–Trinajstić information content (AvgIpc) is 3.06. The Morgan fingerprint density at radius 3 is 2.48 bits per heavy atom. The molecule has 7 heteroatoms. The number of nitrogens with one attached hydrogen (secondary N) is 2. The molecule has 0 aliphatic heterocycles. The van der Waals surface area contributed by atoms with E-state index in [1.54, 1.807) is 18.4 Å². The summed E-state index contributed by atoms with van der Waals surface area (Å²) in [5, 5.41) is 7.14. The molecule has 2 rings (SSSR count). The van der Waals surface area contributed by atoms with Crippen molar-refractivity contribution < 1.29 is 14.3 Å². The van der Waals surface area contributed by atoms with Gasteiger partial charge < -0.3 is 10.1 Å². The minimum atomic E-state index is -0.485. The van der Waals surface area contributed by atoms with Crippen LogP contribution in [0.1, 0.15) is 31.2 Å². The molecule has 1 aromatic carbocycles. The predicted molar refractivity (Wildman–Crippen MR) is 108 cm³/mol. The van der Waals surface area contributed by atoms with Gasteiger partial charge in [0.15, 0.2) is 0 Å². The van der Waals surface area contributed by atoms with E-state index in [1.807, 2.05) is 67.4 Å². The third kappa shape index (κ3) is 7.40. The highest BCUT2D eigenvalue weighted by molar-refractivity contribution is 7.09. The molecule has 146 valence electrons. The lowest BCUT2D eigenvalue weighted by atomic mass is 10.1. The standard InChI is InChI=1S/C20H27N3O3S/c1-20(2,3)22-19(25)21-18(24)14-23(13-16-9-7-11-27-16)12-15-8-5-6-10-17(15)26-4/h5-11H,12-14H2,1-4H3,(H2,21,22,24,25). The summed E-state index contributed by atoms with van der Waals surface area (Å²) in [6.07, 6.45) is 0. The van der Waals surface area contributed by atoms with Gasteiger partial charge in [-0.3, -0.25) is 15.0 Å². The van der Waals surface area contributed by atoms with Crippen LogP contribution in [0.15, 0.2) is 41.8 Å². The van der Waals surface area contributed by atoms with Gasteiger partial charge in [-0.25, -0.2) is 4.79 Å². The van der Waals surface area contributed by atoms with E-state index in [0.717, 1.165) is 16.2 Å². The first-order valence-corrected chi connectivity index (χ1v) is 9.63. The molecule has 3 amide bonds. The summed E-state index contributed by atoms with van der Waals surface area (Å²) in [5.74, 6) is 0.433. The second-order valence-corrected chi connectivity index (χ2v) is 8.32. The van der Waals surface area contributed by atoms with Crippen molar-refractivity contribution in [1.82, 2.24) is 15.5 Å². The van der Waals surface area contributed by atoms with Crippen molar-refractivity contribution in [1.29, 1.82) is 0 Å². The fourth-order valence-electron chi connectivity index (χ4n) is 2.61. The van der Waals surface area contributed by atoms with E-state index in [2.05, 4.69) is 10.6 Å². The highest BCUT2D eigenvalue weighted by Crippen LogP contribution is 2.21. The van der Waals surface area contributed by atoms with E-state index in [1.165, 1.54) is 0 Å². The number of hydrogen-bond acceptors (Lipinski definition) is 5. The number of carbonyl (C=O) groups is 2. The van der Waals surface area contributed by atoms with Gasteiger partial charge in [-0.15, -0.1) is 11.3 Å². The lowest BCUT2D eigenvalue weighted by Gasteiger charge is -2.23. The van der Waals surface area contributed by atoms with Crippen molar-refractivity contribution in [2.24, 2.45) is 0 Å². The monoisotopic (exact) mass is 389 g/mol. The van der Waals surface area contributed by atoms with Gasteiger partial charge in [-0.1, -0.05) is 24.3 Å². The first-order valence-electron chi connectivity index (χ1n) is 8.75. The minimum Gasteiger partial charge on any atom is -0.496 e. The van der Waals surface area contributed by atoms with Gasteiger partial charge in [-0.2, -0.15) is 0 Å². The maximum Gasteiger partial charge on any atom is 0.321 e. The third-order valence-corrected chi connectivity index (χ3v) is 4.52. The molecule has 0 saturated heterocycles. The largest absolute Gasteiger partial charge is 0.496 e. The Morgan fingerprint density at radius 2 is 1.85 bits per heavy atom. The van der Waals surface area contributed by atoms with E-state index >= 15 is 0 Å². The zero-order valence-electron chi connectivity index (χ0n) is 16.2. The summed E-state index contributed by atoms with van der Waals surface area (Å²) in [5.41, 5.74) is 0.585. The summed E-state index contributed by atoms with van der Waals surface area (Å²) >= 11 is 1.64. The quantitative estimate of drug-likeness (QED) is 0.762. The molecule has 0 fully saturated rings. The number of thiophene rings is 1. The molecule has 0 bridgehead atoms. The zero-order valence-corrected chi connectivity index (χ0v) is 17.1. The molecule has 0 radical (unpaired) electrons. The fraction of sp³-hybridized carbons (Fsp3) is 0.400. The molecule has 0 aliphatic rings. The second-order valence-electron chi connectivity index (χ2n) is 7.29. The molecular formula is C20H27N3O3S. The Labute approximate surface area is 164 Å². The molecule has 2 aromatic rings. The van der Waals surface area contributed by atoms with Crippen LogP contribution < -0.4 is 15.4 Å². The van der Waals surface area contributed by atoms with E-state index in [0.29, 0.717) is 13.1 Å². The summed E-state index contributed by atoms with van der Waals surface area (Å²) in [4.78, 5) is 27.5. The Hall–Kier alpha value is -2.38. The fourth-order valence-corrected chi connectivity index (χ4v) is 3.35. The van der Waals surface area contributed by atoms with Crippen molar-refractivity contribution in [3.05, 3.63) is 52.2 Å². The number of imide groups is 1. The molecule has 0 saturated carbocycles. The molecule has 6 nitrogen and oxygen atoms in total. The van der Waals surface area contributed by atoms with Crippen molar-refractivity contribution in [2.75, 3.05) is 13.7 Å². The molecule has 0 spiro atoms. The molecule has 0 unspecified atom stereocenters. The van der Waals surface area contributed by atoms with Crippen molar-refractivity contribution >= 4 is 23.3 Å². The molecule has 27 heavy (non-hydrogen) atoms. The van der Waals surface area contributed by atoms with Crippen molar-refractivity contribution in [3.8, 4) is 5.75 Å². The van der Waals surface area contributed by atoms with Crippen LogP contribution in [0, 0.1) is 0 Å². The molecule has 1 aromatic heterocycles. The first-order chi connectivity index (χ1) is 12.8. The number of hydrogen-bond donors (Lipinski definition) is 2. The first kappa shape index (κ1) is 20.9. The van der Waals surface area contributed by atoms with Gasteiger partial charge in [-0.05, 0) is 38.3 Å². The number of benzene rings is 1. The molecule has 1 heterocycles. The van der Waals surface area contributed by atoms with Crippen molar-refractivity contribution in [2.45, 2.75) is 39.4 Å². The SMILES string of the molecule is COc1ccccc1CN(CC(=O)NC(=O)NC(C)(C)C)Cc1cccs1. The lowest BCUT2D eigenvalue weighted by Crippen LogP contribution is -2.50. The van der Waals surface area contributed by atoms with Gasteiger partial charge in [0.2, 0.25) is 5.91 Å². The van der Waals surface area contributed by atoms with Crippen LogP contribution in [0.5, 0.6) is 5.75 Å². The third-order valence-electron chi connectivity index (χ3n) is 3.65. The molecule has 2 N–H and O–H groups in total. The van der Waals surface area contributed by atoms with Gasteiger partial charge in [0.05, 0.1) is 13.7 Å². The van der Waals surface area contributed by atoms with Crippen LogP contribution in [-0.2, 0) is 17.9 Å². The number of ether oxygens (including phenoxy) is 1. The Balaban J connectivity index is 2.06. The van der Waals surface area contributed by atoms with Gasteiger partial charge in [0.25, 0.3) is 0 Å². The number of urea groups is 1. The van der Waals surface area contributed by atoms with Gasteiger partial charge >= 0.3 is 6.03 Å². The van der Waals surface area contributed by atoms with Gasteiger partial charge in [0.1, 0.15) is 5.75 Å².